The Labute approximate surface area is 139 Å². The number of amides is 2. The summed E-state index contributed by atoms with van der Waals surface area (Å²) < 4.78 is 12.9. The molecule has 1 heterocycles. The molecule has 2 amide bonds. The van der Waals surface area contributed by atoms with E-state index in [1.54, 1.807) is 25.1 Å². The van der Waals surface area contributed by atoms with Gasteiger partial charge in [0.1, 0.15) is 17.6 Å². The maximum Gasteiger partial charge on any atom is 0.269 e. The van der Waals surface area contributed by atoms with Gasteiger partial charge in [0.15, 0.2) is 0 Å². The molecule has 2 atom stereocenters. The second-order valence-corrected chi connectivity index (χ2v) is 5.69. The van der Waals surface area contributed by atoms with Gasteiger partial charge in [0.05, 0.1) is 5.69 Å². The molecule has 0 saturated heterocycles. The van der Waals surface area contributed by atoms with E-state index in [0.717, 1.165) is 6.42 Å². The van der Waals surface area contributed by atoms with Crippen molar-refractivity contribution in [3.63, 3.8) is 0 Å². The van der Waals surface area contributed by atoms with E-state index >= 15 is 0 Å². The Balaban J connectivity index is 2.00. The number of H-pyrrole nitrogens is 1. The first-order chi connectivity index (χ1) is 11.4. The third-order valence-corrected chi connectivity index (χ3v) is 3.70. The molecule has 0 unspecified atom stereocenters. The van der Waals surface area contributed by atoms with Crippen LogP contribution in [0.4, 0.5) is 4.39 Å². The molecule has 1 aromatic heterocycles. The van der Waals surface area contributed by atoms with Crippen LogP contribution in [0.3, 0.4) is 0 Å². The molecule has 128 valence electrons. The predicted molar refractivity (Wildman–Crippen MR) is 88.8 cm³/mol. The smallest absolute Gasteiger partial charge is 0.269 e. The lowest BCUT2D eigenvalue weighted by molar-refractivity contribution is -0.123. The van der Waals surface area contributed by atoms with E-state index in [1.165, 1.54) is 12.1 Å². The Bertz CT molecular complexity index is 712. The molecule has 7 heteroatoms. The standard InChI is InChI=1S/C17H21FN4O2/c1-4-10(2)19-16(23)11(3)20-17(24)15-9-14(21-22-15)12-5-7-13(18)8-6-12/h5-11H,4H2,1-3H3,(H,19,23)(H,20,24)(H,21,22)/t10-,11+/m1/s1. The molecule has 0 aliphatic rings. The molecule has 0 radical (unpaired) electrons. The molecule has 0 spiro atoms. The fourth-order valence-electron chi connectivity index (χ4n) is 2.02. The van der Waals surface area contributed by atoms with Gasteiger partial charge < -0.3 is 10.6 Å². The fourth-order valence-corrected chi connectivity index (χ4v) is 2.02. The molecule has 0 aliphatic carbocycles. The zero-order valence-corrected chi connectivity index (χ0v) is 13.9. The van der Waals surface area contributed by atoms with Crippen molar-refractivity contribution in [3.05, 3.63) is 41.8 Å². The first kappa shape index (κ1) is 17.7. The molecular weight excluding hydrogens is 311 g/mol. The summed E-state index contributed by atoms with van der Waals surface area (Å²) in [6.45, 7) is 5.49. The number of aromatic amines is 1. The SMILES string of the molecule is CC[C@@H](C)NC(=O)[C@H](C)NC(=O)c1cc(-c2ccc(F)cc2)n[nH]1. The average molecular weight is 332 g/mol. The molecule has 6 nitrogen and oxygen atoms in total. The first-order valence-corrected chi connectivity index (χ1v) is 7.83. The van der Waals surface area contributed by atoms with Crippen LogP contribution in [-0.4, -0.2) is 34.1 Å². The van der Waals surface area contributed by atoms with Gasteiger partial charge in [-0.05, 0) is 50.6 Å². The quantitative estimate of drug-likeness (QED) is 0.758. The van der Waals surface area contributed by atoms with Crippen molar-refractivity contribution in [1.29, 1.82) is 0 Å². The van der Waals surface area contributed by atoms with Gasteiger partial charge in [0, 0.05) is 11.6 Å². The van der Waals surface area contributed by atoms with Gasteiger partial charge in [-0.25, -0.2) is 4.39 Å². The van der Waals surface area contributed by atoms with Crippen molar-refractivity contribution < 1.29 is 14.0 Å². The van der Waals surface area contributed by atoms with E-state index in [9.17, 15) is 14.0 Å². The number of hydrogen-bond acceptors (Lipinski definition) is 3. The average Bonchev–Trinajstić information content (AvgIpc) is 3.05. The zero-order chi connectivity index (χ0) is 17.7. The van der Waals surface area contributed by atoms with Crippen molar-refractivity contribution in [2.45, 2.75) is 39.3 Å². The molecule has 0 aliphatic heterocycles. The fraction of sp³-hybridized carbons (Fsp3) is 0.353. The van der Waals surface area contributed by atoms with Crippen LogP contribution in [0.1, 0.15) is 37.7 Å². The van der Waals surface area contributed by atoms with Crippen molar-refractivity contribution in [2.24, 2.45) is 0 Å². The number of aromatic nitrogens is 2. The second-order valence-electron chi connectivity index (χ2n) is 5.69. The van der Waals surface area contributed by atoms with E-state index in [4.69, 9.17) is 0 Å². The zero-order valence-electron chi connectivity index (χ0n) is 13.9. The highest BCUT2D eigenvalue weighted by Crippen LogP contribution is 2.18. The predicted octanol–water partition coefficient (Wildman–Crippen LogP) is 2.25. The number of rotatable bonds is 6. The highest BCUT2D eigenvalue weighted by molar-refractivity contribution is 5.96. The second kappa shape index (κ2) is 7.72. The van der Waals surface area contributed by atoms with Crippen LogP contribution < -0.4 is 10.6 Å². The summed E-state index contributed by atoms with van der Waals surface area (Å²) in [5.74, 6) is -1.01. The van der Waals surface area contributed by atoms with Crippen LogP contribution in [0.2, 0.25) is 0 Å². The Hall–Kier alpha value is -2.70. The summed E-state index contributed by atoms with van der Waals surface area (Å²) in [6.07, 6.45) is 0.813. The first-order valence-electron chi connectivity index (χ1n) is 7.83. The number of carbonyl (C=O) groups is 2. The molecule has 24 heavy (non-hydrogen) atoms. The Morgan fingerprint density at radius 1 is 1.21 bits per heavy atom. The molecule has 2 rings (SSSR count). The van der Waals surface area contributed by atoms with Gasteiger partial charge in [-0.1, -0.05) is 6.92 Å². The minimum atomic E-state index is -0.663. The van der Waals surface area contributed by atoms with Crippen molar-refractivity contribution in [2.75, 3.05) is 0 Å². The van der Waals surface area contributed by atoms with Crippen LogP contribution in [0.5, 0.6) is 0 Å². The summed E-state index contributed by atoms with van der Waals surface area (Å²) in [4.78, 5) is 24.1. The number of nitrogens with one attached hydrogen (secondary N) is 3. The van der Waals surface area contributed by atoms with E-state index < -0.39 is 11.9 Å². The lowest BCUT2D eigenvalue weighted by atomic mass is 10.1. The van der Waals surface area contributed by atoms with Gasteiger partial charge in [0.2, 0.25) is 5.91 Å². The molecule has 0 saturated carbocycles. The van der Waals surface area contributed by atoms with Crippen LogP contribution >= 0.6 is 0 Å². The number of hydrogen-bond donors (Lipinski definition) is 3. The Kier molecular flexibility index (Phi) is 5.68. The number of nitrogens with zero attached hydrogens (tertiary/aromatic N) is 1. The highest BCUT2D eigenvalue weighted by Gasteiger charge is 2.19. The molecule has 0 bridgehead atoms. The Morgan fingerprint density at radius 2 is 1.88 bits per heavy atom. The Morgan fingerprint density at radius 3 is 2.50 bits per heavy atom. The van der Waals surface area contributed by atoms with Gasteiger partial charge in [-0.3, -0.25) is 14.7 Å². The van der Waals surface area contributed by atoms with Crippen LogP contribution in [-0.2, 0) is 4.79 Å². The molecule has 3 N–H and O–H groups in total. The van der Waals surface area contributed by atoms with Crippen molar-refractivity contribution >= 4 is 11.8 Å². The summed E-state index contributed by atoms with van der Waals surface area (Å²) in [5.41, 5.74) is 1.45. The van der Waals surface area contributed by atoms with Crippen molar-refractivity contribution in [1.82, 2.24) is 20.8 Å². The van der Waals surface area contributed by atoms with E-state index in [0.29, 0.717) is 11.3 Å². The van der Waals surface area contributed by atoms with E-state index in [-0.39, 0.29) is 23.5 Å². The monoisotopic (exact) mass is 332 g/mol. The summed E-state index contributed by atoms with van der Waals surface area (Å²) in [5, 5.41) is 12.1. The molecule has 0 fully saturated rings. The van der Waals surface area contributed by atoms with Crippen molar-refractivity contribution in [3.8, 4) is 11.3 Å². The summed E-state index contributed by atoms with van der Waals surface area (Å²) >= 11 is 0. The topological polar surface area (TPSA) is 86.9 Å². The number of halogens is 1. The summed E-state index contributed by atoms with van der Waals surface area (Å²) in [7, 11) is 0. The minimum absolute atomic E-state index is 0.0501. The van der Waals surface area contributed by atoms with Crippen LogP contribution in [0.25, 0.3) is 11.3 Å². The van der Waals surface area contributed by atoms with Gasteiger partial charge in [-0.15, -0.1) is 0 Å². The molecular formula is C17H21FN4O2. The van der Waals surface area contributed by atoms with Gasteiger partial charge in [-0.2, -0.15) is 5.10 Å². The number of carbonyl (C=O) groups excluding carboxylic acids is 2. The number of benzene rings is 1. The molecule has 1 aromatic carbocycles. The maximum absolute atomic E-state index is 12.9. The normalized spacial score (nSPS) is 13.2. The van der Waals surface area contributed by atoms with Gasteiger partial charge in [0.25, 0.3) is 5.91 Å². The lowest BCUT2D eigenvalue weighted by Gasteiger charge is -2.17. The largest absolute Gasteiger partial charge is 0.352 e. The maximum atomic E-state index is 12.9. The van der Waals surface area contributed by atoms with E-state index in [2.05, 4.69) is 20.8 Å². The minimum Gasteiger partial charge on any atom is -0.352 e. The van der Waals surface area contributed by atoms with Crippen LogP contribution in [0, 0.1) is 5.82 Å². The third kappa shape index (κ3) is 4.41. The van der Waals surface area contributed by atoms with Crippen LogP contribution in [0.15, 0.2) is 30.3 Å². The van der Waals surface area contributed by atoms with E-state index in [1.807, 2.05) is 13.8 Å². The third-order valence-electron chi connectivity index (χ3n) is 3.70. The highest BCUT2D eigenvalue weighted by atomic mass is 19.1. The summed E-state index contributed by atoms with van der Waals surface area (Å²) in [6, 6.07) is 6.75. The molecule has 2 aromatic rings. The van der Waals surface area contributed by atoms with Gasteiger partial charge >= 0.3 is 0 Å². The lowest BCUT2D eigenvalue weighted by Crippen LogP contribution is -2.47.